The number of nitrogens with one attached hydrogen (secondary N) is 1. The first-order valence-electron chi connectivity index (χ1n) is 14.2. The Morgan fingerprint density at radius 1 is 0.786 bits per heavy atom. The minimum atomic E-state index is -1.41. The molecule has 1 rings (SSSR count). The van der Waals surface area contributed by atoms with Crippen molar-refractivity contribution >= 4 is 23.8 Å². The summed E-state index contributed by atoms with van der Waals surface area (Å²) in [6.45, 7) is 2.75. The first kappa shape index (κ1) is 35.6. The summed E-state index contributed by atoms with van der Waals surface area (Å²) >= 11 is 0. The minimum Gasteiger partial charge on any atom is -0.480 e. The van der Waals surface area contributed by atoms with Crippen molar-refractivity contribution in [3.05, 3.63) is 103 Å². The molecule has 1 aromatic rings. The summed E-state index contributed by atoms with van der Waals surface area (Å²) in [4.78, 5) is 47.3. The van der Waals surface area contributed by atoms with Crippen LogP contribution < -0.4 is 10.1 Å². The van der Waals surface area contributed by atoms with Crippen molar-refractivity contribution in [1.29, 1.82) is 0 Å². The van der Waals surface area contributed by atoms with E-state index in [4.69, 9.17) is 9.47 Å². The van der Waals surface area contributed by atoms with E-state index in [0.717, 1.165) is 38.5 Å². The van der Waals surface area contributed by atoms with Gasteiger partial charge in [0.2, 0.25) is 5.91 Å². The quantitative estimate of drug-likeness (QED) is 0.0992. The molecule has 2 N–H and O–H groups in total. The minimum absolute atomic E-state index is 0.00211. The van der Waals surface area contributed by atoms with Crippen molar-refractivity contribution in [1.82, 2.24) is 5.32 Å². The van der Waals surface area contributed by atoms with E-state index in [1.807, 2.05) is 18.2 Å². The molecule has 1 atom stereocenters. The number of allylic oxidation sites excluding steroid dienone is 12. The summed E-state index contributed by atoms with van der Waals surface area (Å²) in [7, 11) is 0. The lowest BCUT2D eigenvalue weighted by Gasteiger charge is -2.15. The van der Waals surface area contributed by atoms with Gasteiger partial charge >= 0.3 is 17.9 Å². The Bertz CT molecular complexity index is 1160. The molecule has 0 aliphatic heterocycles. The van der Waals surface area contributed by atoms with E-state index in [0.29, 0.717) is 6.42 Å². The Morgan fingerprint density at radius 3 is 1.79 bits per heavy atom. The summed E-state index contributed by atoms with van der Waals surface area (Å²) in [6.07, 6.45) is 31.2. The van der Waals surface area contributed by atoms with Crippen LogP contribution in [-0.2, 0) is 19.1 Å². The van der Waals surface area contributed by atoms with Crippen LogP contribution in [0.5, 0.6) is 5.75 Å². The molecule has 1 aromatic carbocycles. The van der Waals surface area contributed by atoms with Gasteiger partial charge in [0.15, 0.2) is 6.04 Å². The van der Waals surface area contributed by atoms with Crippen molar-refractivity contribution in [2.75, 3.05) is 6.61 Å². The Morgan fingerprint density at radius 2 is 1.29 bits per heavy atom. The van der Waals surface area contributed by atoms with Gasteiger partial charge in [-0.3, -0.25) is 9.59 Å². The van der Waals surface area contributed by atoms with Gasteiger partial charge in [-0.25, -0.2) is 9.59 Å². The molecule has 0 aliphatic carbocycles. The third-order valence-electron chi connectivity index (χ3n) is 5.51. The van der Waals surface area contributed by atoms with Gasteiger partial charge in [-0.2, -0.15) is 0 Å². The molecule has 0 aliphatic rings. The molecule has 0 saturated heterocycles. The fourth-order valence-electron chi connectivity index (χ4n) is 3.41. The third-order valence-corrected chi connectivity index (χ3v) is 5.51. The Hall–Kier alpha value is -4.46. The summed E-state index contributed by atoms with van der Waals surface area (Å²) < 4.78 is 10.0. The van der Waals surface area contributed by atoms with E-state index in [2.05, 4.69) is 66.9 Å². The van der Waals surface area contributed by atoms with Crippen LogP contribution in [-0.4, -0.2) is 41.6 Å². The molecular formula is C34H43NO7. The first-order valence-corrected chi connectivity index (χ1v) is 14.2. The normalized spacial score (nSPS) is 12.7. The Kier molecular flexibility index (Phi) is 19.7. The topological polar surface area (TPSA) is 119 Å². The maximum absolute atomic E-state index is 12.4. The van der Waals surface area contributed by atoms with Crippen molar-refractivity contribution in [2.24, 2.45) is 0 Å². The second-order valence-corrected chi connectivity index (χ2v) is 9.10. The summed E-state index contributed by atoms with van der Waals surface area (Å²) in [5.41, 5.74) is -0.0270. The molecule has 42 heavy (non-hydrogen) atoms. The van der Waals surface area contributed by atoms with Crippen LogP contribution in [0, 0.1) is 0 Å². The van der Waals surface area contributed by atoms with Crippen LogP contribution in [0.15, 0.2) is 97.2 Å². The molecule has 0 bridgehead atoms. The lowest BCUT2D eigenvalue weighted by atomic mass is 10.2. The molecular weight excluding hydrogens is 534 g/mol. The van der Waals surface area contributed by atoms with Crippen LogP contribution in [0.4, 0.5) is 0 Å². The highest BCUT2D eigenvalue weighted by Gasteiger charge is 2.23. The summed E-state index contributed by atoms with van der Waals surface area (Å²) in [6, 6.07) is 4.53. The van der Waals surface area contributed by atoms with E-state index >= 15 is 0 Å². The number of aliphatic carboxylic acids is 1. The van der Waals surface area contributed by atoms with E-state index in [9.17, 15) is 24.3 Å². The number of esters is 2. The average Bonchev–Trinajstić information content (AvgIpc) is 2.96. The molecule has 1 amide bonds. The maximum atomic E-state index is 12.4. The average molecular weight is 578 g/mol. The van der Waals surface area contributed by atoms with Gasteiger partial charge in [0, 0.05) is 13.3 Å². The number of hydrogen-bond acceptors (Lipinski definition) is 6. The molecule has 8 nitrogen and oxygen atoms in total. The number of carbonyl (C=O) groups excluding carboxylic acids is 3. The number of carboxylic acid groups (broad SMARTS) is 1. The van der Waals surface area contributed by atoms with Crippen molar-refractivity contribution < 1.29 is 33.8 Å². The predicted molar refractivity (Wildman–Crippen MR) is 165 cm³/mol. The number of carboxylic acids is 1. The molecule has 0 heterocycles. The van der Waals surface area contributed by atoms with Crippen LogP contribution in [0.25, 0.3) is 0 Å². The van der Waals surface area contributed by atoms with Crippen molar-refractivity contribution in [3.63, 3.8) is 0 Å². The number of hydrogen-bond donors (Lipinski definition) is 2. The second kappa shape index (κ2) is 23.3. The van der Waals surface area contributed by atoms with Gasteiger partial charge in [0.25, 0.3) is 0 Å². The van der Waals surface area contributed by atoms with Gasteiger partial charge < -0.3 is 19.9 Å². The maximum Gasteiger partial charge on any atom is 0.342 e. The van der Waals surface area contributed by atoms with Crippen LogP contribution >= 0.6 is 0 Å². The largest absolute Gasteiger partial charge is 0.480 e. The molecule has 1 unspecified atom stereocenters. The van der Waals surface area contributed by atoms with Crippen molar-refractivity contribution in [2.45, 2.75) is 71.3 Å². The van der Waals surface area contributed by atoms with Gasteiger partial charge in [0.1, 0.15) is 17.9 Å². The second-order valence-electron chi connectivity index (χ2n) is 9.10. The molecule has 0 fully saturated rings. The fraction of sp³-hybridized carbons (Fsp3) is 0.353. The van der Waals surface area contributed by atoms with Gasteiger partial charge in [0.05, 0.1) is 0 Å². The summed E-state index contributed by atoms with van der Waals surface area (Å²) in [5, 5.41) is 11.8. The molecule has 226 valence electrons. The first-order chi connectivity index (χ1) is 20.3. The third kappa shape index (κ3) is 18.0. The smallest absolute Gasteiger partial charge is 0.342 e. The number of amides is 1. The van der Waals surface area contributed by atoms with Crippen molar-refractivity contribution in [3.8, 4) is 5.75 Å². The molecule has 0 radical (unpaired) electrons. The molecule has 0 aromatic heterocycles. The number of ether oxygens (including phenoxy) is 2. The highest BCUT2D eigenvalue weighted by Crippen LogP contribution is 2.19. The zero-order valence-electron chi connectivity index (χ0n) is 24.6. The monoisotopic (exact) mass is 577 g/mol. The molecule has 8 heteroatoms. The number of benzene rings is 1. The fourth-order valence-corrected chi connectivity index (χ4v) is 3.41. The SMILES string of the molecule is CCC=CCC=CCC=CCC=CCC=CCC=CCCC(=O)NC(COC(=O)c1ccccc1OC(C)=O)C(=O)O. The zero-order valence-corrected chi connectivity index (χ0v) is 24.6. The molecule has 0 saturated carbocycles. The van der Waals surface area contributed by atoms with E-state index in [-0.39, 0.29) is 17.7 Å². The highest BCUT2D eigenvalue weighted by atomic mass is 16.5. The van der Waals surface area contributed by atoms with Gasteiger partial charge in [-0.05, 0) is 57.1 Å². The van der Waals surface area contributed by atoms with Gasteiger partial charge in [-0.1, -0.05) is 92.0 Å². The van der Waals surface area contributed by atoms with Crippen LogP contribution in [0.3, 0.4) is 0 Å². The number of carbonyl (C=O) groups is 4. The summed E-state index contributed by atoms with van der Waals surface area (Å²) in [5.74, 6) is -3.29. The van der Waals surface area contributed by atoms with E-state index in [1.165, 1.54) is 19.1 Å². The van der Waals surface area contributed by atoms with E-state index in [1.54, 1.807) is 12.1 Å². The Balaban J connectivity index is 2.26. The lowest BCUT2D eigenvalue weighted by Crippen LogP contribution is -2.44. The molecule has 0 spiro atoms. The van der Waals surface area contributed by atoms with E-state index < -0.39 is 36.5 Å². The number of para-hydroxylation sites is 1. The lowest BCUT2D eigenvalue weighted by molar-refractivity contribution is -0.143. The Labute approximate surface area is 249 Å². The van der Waals surface area contributed by atoms with Crippen LogP contribution in [0.1, 0.15) is 75.6 Å². The van der Waals surface area contributed by atoms with Gasteiger partial charge in [-0.15, -0.1) is 0 Å². The zero-order chi connectivity index (χ0) is 30.8. The van der Waals surface area contributed by atoms with Crippen LogP contribution in [0.2, 0.25) is 0 Å². The highest BCUT2D eigenvalue weighted by molar-refractivity contribution is 5.93. The number of rotatable bonds is 20. The standard InChI is InChI=1S/C34H43NO7/c1-3-4-5-6-7-8-9-10-11-12-13-14-15-16-17-18-19-20-21-26-32(37)35-30(33(38)39)27-41-34(40)29-24-22-23-25-31(29)42-28(2)36/h4-5,7-8,10-11,13-14,16-17,19-20,22-25,30H,3,6,9,12,15,18,21,26-27H2,1-2H3,(H,35,37)(H,38,39). The predicted octanol–water partition coefficient (Wildman–Crippen LogP) is 6.82.